The van der Waals surface area contributed by atoms with Gasteiger partial charge in [0.2, 0.25) is 0 Å². The predicted octanol–water partition coefficient (Wildman–Crippen LogP) is 6.23. The van der Waals surface area contributed by atoms with Crippen molar-refractivity contribution in [2.45, 2.75) is 59.3 Å². The molecule has 2 rings (SSSR count). The van der Waals surface area contributed by atoms with Gasteiger partial charge in [-0.2, -0.15) is 0 Å². The van der Waals surface area contributed by atoms with Gasteiger partial charge in [-0.15, -0.1) is 0 Å². The number of unbranched alkanes of at least 4 members (excludes halogenated alkanes) is 2. The lowest BCUT2D eigenvalue weighted by molar-refractivity contribution is 0.0734. The molecule has 1 atom stereocenters. The number of aryl methyl sites for hydroxylation is 1. The smallest absolute Gasteiger partial charge is 0.343 e. The molecule has 2 nitrogen and oxygen atoms in total. The number of rotatable bonds is 9. The van der Waals surface area contributed by atoms with Crippen molar-refractivity contribution in [2.24, 2.45) is 5.92 Å². The van der Waals surface area contributed by atoms with Crippen molar-refractivity contribution in [1.29, 1.82) is 0 Å². The maximum absolute atomic E-state index is 12.3. The number of carbonyl (C=O) groups excluding carboxylic acids is 1. The molecule has 0 aliphatic carbocycles. The van der Waals surface area contributed by atoms with Gasteiger partial charge in [0.15, 0.2) is 0 Å². The van der Waals surface area contributed by atoms with Crippen molar-refractivity contribution >= 4 is 5.97 Å². The summed E-state index contributed by atoms with van der Waals surface area (Å²) in [6.45, 7) is 6.66. The molecule has 0 spiro atoms. The summed E-state index contributed by atoms with van der Waals surface area (Å²) in [5.74, 6) is 0.976. The van der Waals surface area contributed by atoms with Crippen LogP contribution < -0.4 is 4.74 Å². The minimum atomic E-state index is -0.296. The Morgan fingerprint density at radius 3 is 2.16 bits per heavy atom. The van der Waals surface area contributed by atoms with Crippen LogP contribution in [0.15, 0.2) is 48.5 Å². The van der Waals surface area contributed by atoms with E-state index in [-0.39, 0.29) is 5.97 Å². The van der Waals surface area contributed by atoms with E-state index in [1.165, 1.54) is 36.8 Å². The molecule has 0 aliphatic heterocycles. The van der Waals surface area contributed by atoms with Crippen LogP contribution in [0.25, 0.3) is 0 Å². The molecule has 0 aliphatic rings. The van der Waals surface area contributed by atoms with Crippen LogP contribution in [0.2, 0.25) is 0 Å². The minimum absolute atomic E-state index is 0.296. The fourth-order valence-corrected chi connectivity index (χ4v) is 2.79. The quantitative estimate of drug-likeness (QED) is 0.308. The molecular formula is C23H30O2. The van der Waals surface area contributed by atoms with E-state index in [0.717, 1.165) is 12.8 Å². The summed E-state index contributed by atoms with van der Waals surface area (Å²) in [7, 11) is 0. The first kappa shape index (κ1) is 19.2. The van der Waals surface area contributed by atoms with Gasteiger partial charge in [0, 0.05) is 0 Å². The Morgan fingerprint density at radius 2 is 1.56 bits per heavy atom. The van der Waals surface area contributed by atoms with Crippen LogP contribution in [0.5, 0.6) is 5.75 Å². The van der Waals surface area contributed by atoms with E-state index in [1.807, 2.05) is 48.5 Å². The lowest BCUT2D eigenvalue weighted by Crippen LogP contribution is -2.08. The van der Waals surface area contributed by atoms with Crippen molar-refractivity contribution in [2.75, 3.05) is 0 Å². The summed E-state index contributed by atoms with van der Waals surface area (Å²) in [4.78, 5) is 12.3. The molecule has 134 valence electrons. The molecule has 0 heterocycles. The zero-order valence-corrected chi connectivity index (χ0v) is 15.8. The molecule has 0 N–H and O–H groups in total. The zero-order chi connectivity index (χ0) is 18.1. The van der Waals surface area contributed by atoms with Crippen molar-refractivity contribution in [3.8, 4) is 5.75 Å². The summed E-state index contributed by atoms with van der Waals surface area (Å²) in [5.41, 5.74) is 3.16. The second-order valence-corrected chi connectivity index (χ2v) is 6.91. The topological polar surface area (TPSA) is 26.3 Å². The standard InChI is InChI=1S/C23H30O2/c1-4-6-7-8-19-9-13-21(14-10-19)23(24)25-22-15-11-20(12-16-22)17-18(3)5-2/h9-16,18H,4-8,17H2,1-3H3. The first-order chi connectivity index (χ1) is 12.1. The molecule has 0 saturated heterocycles. The Bertz CT molecular complexity index is 641. The summed E-state index contributed by atoms with van der Waals surface area (Å²) < 4.78 is 5.49. The van der Waals surface area contributed by atoms with Gasteiger partial charge in [0.1, 0.15) is 5.75 Å². The summed E-state index contributed by atoms with van der Waals surface area (Å²) in [6.07, 6.45) is 6.97. The van der Waals surface area contributed by atoms with Gasteiger partial charge in [-0.3, -0.25) is 0 Å². The highest BCUT2D eigenvalue weighted by molar-refractivity contribution is 5.91. The minimum Gasteiger partial charge on any atom is -0.423 e. The molecule has 0 amide bonds. The zero-order valence-electron chi connectivity index (χ0n) is 15.8. The van der Waals surface area contributed by atoms with Crippen molar-refractivity contribution in [3.05, 3.63) is 65.2 Å². The average Bonchev–Trinajstić information content (AvgIpc) is 2.64. The van der Waals surface area contributed by atoms with E-state index in [1.54, 1.807) is 0 Å². The third-order valence-corrected chi connectivity index (χ3v) is 4.67. The SMILES string of the molecule is CCCCCc1ccc(C(=O)Oc2ccc(CC(C)CC)cc2)cc1. The van der Waals surface area contributed by atoms with Crippen LogP contribution >= 0.6 is 0 Å². The predicted molar refractivity (Wildman–Crippen MR) is 104 cm³/mol. The van der Waals surface area contributed by atoms with Gasteiger partial charge < -0.3 is 4.74 Å². The van der Waals surface area contributed by atoms with Gasteiger partial charge in [-0.25, -0.2) is 4.79 Å². The van der Waals surface area contributed by atoms with E-state index in [2.05, 4.69) is 20.8 Å². The van der Waals surface area contributed by atoms with E-state index in [0.29, 0.717) is 17.2 Å². The first-order valence-corrected chi connectivity index (χ1v) is 9.52. The van der Waals surface area contributed by atoms with Crippen molar-refractivity contribution in [3.63, 3.8) is 0 Å². The van der Waals surface area contributed by atoms with Crippen LogP contribution in [-0.2, 0) is 12.8 Å². The maximum Gasteiger partial charge on any atom is 0.343 e. The molecular weight excluding hydrogens is 308 g/mol. The number of hydrogen-bond acceptors (Lipinski definition) is 2. The summed E-state index contributed by atoms with van der Waals surface area (Å²) >= 11 is 0. The highest BCUT2D eigenvalue weighted by atomic mass is 16.5. The molecule has 0 saturated carbocycles. The third kappa shape index (κ3) is 6.38. The number of hydrogen-bond donors (Lipinski definition) is 0. The Labute approximate surface area is 152 Å². The normalized spacial score (nSPS) is 12.0. The summed E-state index contributed by atoms with van der Waals surface area (Å²) in [6, 6.07) is 15.6. The molecule has 0 aromatic heterocycles. The highest BCUT2D eigenvalue weighted by Crippen LogP contribution is 2.18. The van der Waals surface area contributed by atoms with E-state index in [9.17, 15) is 4.79 Å². The molecule has 0 fully saturated rings. The van der Waals surface area contributed by atoms with E-state index < -0.39 is 0 Å². The maximum atomic E-state index is 12.3. The van der Waals surface area contributed by atoms with Crippen molar-refractivity contribution in [1.82, 2.24) is 0 Å². The lowest BCUT2D eigenvalue weighted by Gasteiger charge is -2.09. The molecule has 2 aromatic rings. The Morgan fingerprint density at radius 1 is 0.920 bits per heavy atom. The fourth-order valence-electron chi connectivity index (χ4n) is 2.79. The van der Waals surface area contributed by atoms with Crippen molar-refractivity contribution < 1.29 is 9.53 Å². The van der Waals surface area contributed by atoms with Crippen LogP contribution in [0.3, 0.4) is 0 Å². The van der Waals surface area contributed by atoms with Gasteiger partial charge in [-0.05, 0) is 60.6 Å². The number of carbonyl (C=O) groups is 1. The Hall–Kier alpha value is -2.09. The first-order valence-electron chi connectivity index (χ1n) is 9.52. The van der Waals surface area contributed by atoms with Crippen LogP contribution in [0.1, 0.15) is 67.9 Å². The fraction of sp³-hybridized carbons (Fsp3) is 0.435. The average molecular weight is 338 g/mol. The second kappa shape index (κ2) is 10.0. The highest BCUT2D eigenvalue weighted by Gasteiger charge is 2.09. The number of ether oxygens (including phenoxy) is 1. The second-order valence-electron chi connectivity index (χ2n) is 6.91. The molecule has 0 radical (unpaired) electrons. The Balaban J connectivity index is 1.90. The monoisotopic (exact) mass is 338 g/mol. The molecule has 2 aromatic carbocycles. The van der Waals surface area contributed by atoms with Gasteiger partial charge >= 0.3 is 5.97 Å². The van der Waals surface area contributed by atoms with Gasteiger partial charge in [0.25, 0.3) is 0 Å². The van der Waals surface area contributed by atoms with Gasteiger partial charge in [0.05, 0.1) is 5.56 Å². The van der Waals surface area contributed by atoms with Crippen LogP contribution in [-0.4, -0.2) is 5.97 Å². The van der Waals surface area contributed by atoms with Crippen LogP contribution in [0, 0.1) is 5.92 Å². The van der Waals surface area contributed by atoms with Crippen LogP contribution in [0.4, 0.5) is 0 Å². The lowest BCUT2D eigenvalue weighted by atomic mass is 9.99. The molecule has 2 heteroatoms. The molecule has 0 bridgehead atoms. The number of benzene rings is 2. The molecule has 1 unspecified atom stereocenters. The Kier molecular flexibility index (Phi) is 7.72. The van der Waals surface area contributed by atoms with E-state index in [4.69, 9.17) is 4.74 Å². The van der Waals surface area contributed by atoms with Gasteiger partial charge in [-0.1, -0.05) is 64.3 Å². The largest absolute Gasteiger partial charge is 0.423 e. The summed E-state index contributed by atoms with van der Waals surface area (Å²) in [5, 5.41) is 0. The van der Waals surface area contributed by atoms with E-state index >= 15 is 0 Å². The third-order valence-electron chi connectivity index (χ3n) is 4.67. The number of esters is 1. The molecule has 25 heavy (non-hydrogen) atoms.